The van der Waals surface area contributed by atoms with E-state index in [1.807, 2.05) is 0 Å². The monoisotopic (exact) mass is 886 g/mol. The fraction of sp³-hybridized carbons (Fsp3) is 0.554. The first kappa shape index (κ1) is 59.5. The Hall–Kier alpha value is -4.53. The number of aliphatic carboxylic acids is 1. The Labute approximate surface area is 390 Å². The number of hydrogen-bond acceptors (Lipinski definition) is 7. The van der Waals surface area contributed by atoms with Crippen molar-refractivity contribution < 1.29 is 38.2 Å². The van der Waals surface area contributed by atoms with Crippen LogP contribution >= 0.6 is 0 Å². The SMILES string of the molecule is CC/C=C/C/C=C/C/C=C/C/C=C/C/C=C/C/C=C/CCCC(=O)OC(COCCC(C(=O)[O-])[N+](C)(C)C)COC(=O)CCCCCC/C=C/C/C=C/C/C=C/C/C=C/C/C=C/CC. The van der Waals surface area contributed by atoms with E-state index in [0.717, 1.165) is 109 Å². The summed E-state index contributed by atoms with van der Waals surface area (Å²) in [5, 5.41) is 11.7. The van der Waals surface area contributed by atoms with Crippen LogP contribution in [0.25, 0.3) is 0 Å². The van der Waals surface area contributed by atoms with Crippen LogP contribution in [0.5, 0.6) is 0 Å². The molecule has 64 heavy (non-hydrogen) atoms. The van der Waals surface area contributed by atoms with Crippen LogP contribution in [0.15, 0.2) is 134 Å². The molecule has 8 heteroatoms. The van der Waals surface area contributed by atoms with Gasteiger partial charge in [-0.25, -0.2) is 0 Å². The summed E-state index contributed by atoms with van der Waals surface area (Å²) in [6.07, 6.45) is 64.9. The maximum atomic E-state index is 12.7. The van der Waals surface area contributed by atoms with Crippen LogP contribution in [0.2, 0.25) is 0 Å². The lowest BCUT2D eigenvalue weighted by Crippen LogP contribution is -2.55. The van der Waals surface area contributed by atoms with Gasteiger partial charge in [0.15, 0.2) is 6.10 Å². The molecule has 0 aliphatic heterocycles. The molecule has 0 aliphatic rings. The molecule has 0 aromatic carbocycles. The van der Waals surface area contributed by atoms with Crippen LogP contribution in [-0.4, -0.2) is 75.5 Å². The number of likely N-dealkylation sites (N-methyl/N-ethyl adjacent to an activating group) is 1. The fourth-order valence-corrected chi connectivity index (χ4v) is 6.11. The zero-order valence-electron chi connectivity index (χ0n) is 40.6. The van der Waals surface area contributed by atoms with Crippen molar-refractivity contribution in [2.75, 3.05) is 41.0 Å². The summed E-state index contributed by atoms with van der Waals surface area (Å²) in [4.78, 5) is 37.0. The van der Waals surface area contributed by atoms with E-state index in [1.54, 1.807) is 21.1 Å². The van der Waals surface area contributed by atoms with E-state index in [1.165, 1.54) is 0 Å². The molecule has 8 nitrogen and oxygen atoms in total. The third kappa shape index (κ3) is 42.8. The van der Waals surface area contributed by atoms with Gasteiger partial charge < -0.3 is 28.6 Å². The lowest BCUT2D eigenvalue weighted by atomic mass is 10.1. The molecule has 0 spiro atoms. The van der Waals surface area contributed by atoms with Crippen LogP contribution in [-0.2, 0) is 28.6 Å². The van der Waals surface area contributed by atoms with Gasteiger partial charge in [0.05, 0.1) is 40.3 Å². The van der Waals surface area contributed by atoms with Gasteiger partial charge in [-0.1, -0.05) is 160 Å². The molecular weight excluding hydrogens is 799 g/mol. The van der Waals surface area contributed by atoms with Gasteiger partial charge in [-0.05, 0) is 103 Å². The van der Waals surface area contributed by atoms with Gasteiger partial charge in [-0.15, -0.1) is 0 Å². The molecule has 0 aliphatic carbocycles. The van der Waals surface area contributed by atoms with E-state index in [2.05, 4.69) is 148 Å². The molecular formula is C56H87NO7. The van der Waals surface area contributed by atoms with E-state index in [4.69, 9.17) is 14.2 Å². The zero-order valence-corrected chi connectivity index (χ0v) is 40.6. The summed E-state index contributed by atoms with van der Waals surface area (Å²) in [5.41, 5.74) is 0. The molecule has 0 aromatic rings. The molecule has 0 bridgehead atoms. The first-order chi connectivity index (χ1) is 31.1. The Morgan fingerprint density at radius 1 is 0.469 bits per heavy atom. The summed E-state index contributed by atoms with van der Waals surface area (Å²) in [6.45, 7) is 4.32. The smallest absolute Gasteiger partial charge is 0.306 e. The van der Waals surface area contributed by atoms with Gasteiger partial charge in [0, 0.05) is 19.3 Å². The Morgan fingerprint density at radius 2 is 0.844 bits per heavy atom. The topological polar surface area (TPSA) is 102 Å². The lowest BCUT2D eigenvalue weighted by Gasteiger charge is -2.34. The third-order valence-electron chi connectivity index (χ3n) is 9.78. The van der Waals surface area contributed by atoms with Crippen molar-refractivity contribution in [3.63, 3.8) is 0 Å². The molecule has 0 aromatic heterocycles. The first-order valence-electron chi connectivity index (χ1n) is 24.2. The van der Waals surface area contributed by atoms with Gasteiger partial charge in [-0.3, -0.25) is 9.59 Å². The molecule has 0 rings (SSSR count). The van der Waals surface area contributed by atoms with Gasteiger partial charge in [0.2, 0.25) is 0 Å². The zero-order chi connectivity index (χ0) is 47.0. The van der Waals surface area contributed by atoms with Crippen LogP contribution in [0, 0.1) is 0 Å². The highest BCUT2D eigenvalue weighted by atomic mass is 16.6. The van der Waals surface area contributed by atoms with E-state index in [0.29, 0.717) is 12.8 Å². The van der Waals surface area contributed by atoms with Crippen LogP contribution in [0.3, 0.4) is 0 Å². The summed E-state index contributed by atoms with van der Waals surface area (Å²) in [6, 6.07) is -0.750. The predicted octanol–water partition coefficient (Wildman–Crippen LogP) is 12.6. The molecule has 0 radical (unpaired) electrons. The average Bonchev–Trinajstić information content (AvgIpc) is 3.26. The number of unbranched alkanes of at least 4 members (excludes halogenated alkanes) is 5. The minimum atomic E-state index is -1.14. The molecule has 0 amide bonds. The Bertz CT molecular complexity index is 1500. The number of allylic oxidation sites excluding steroid dienone is 22. The summed E-state index contributed by atoms with van der Waals surface area (Å²) < 4.78 is 17.1. The van der Waals surface area contributed by atoms with Gasteiger partial charge in [0.1, 0.15) is 12.6 Å². The van der Waals surface area contributed by atoms with Crippen molar-refractivity contribution in [3.05, 3.63) is 134 Å². The highest BCUT2D eigenvalue weighted by Gasteiger charge is 2.25. The van der Waals surface area contributed by atoms with E-state index in [9.17, 15) is 19.5 Å². The average molecular weight is 886 g/mol. The summed E-state index contributed by atoms with van der Waals surface area (Å²) in [7, 11) is 5.37. The van der Waals surface area contributed by atoms with Gasteiger partial charge >= 0.3 is 11.9 Å². The number of carbonyl (C=O) groups excluding carboxylic acids is 3. The number of carboxylic acid groups (broad SMARTS) is 1. The summed E-state index contributed by atoms with van der Waals surface area (Å²) >= 11 is 0. The second-order valence-electron chi connectivity index (χ2n) is 16.6. The first-order valence-corrected chi connectivity index (χ1v) is 24.2. The Kier molecular flexibility index (Phi) is 41.9. The number of esters is 2. The van der Waals surface area contributed by atoms with E-state index < -0.39 is 18.1 Å². The van der Waals surface area contributed by atoms with Crippen molar-refractivity contribution in [1.29, 1.82) is 0 Å². The minimum Gasteiger partial charge on any atom is -0.544 e. The number of nitrogens with zero attached hydrogens (tertiary/aromatic N) is 1. The van der Waals surface area contributed by atoms with Crippen molar-refractivity contribution in [2.45, 2.75) is 161 Å². The number of hydrogen-bond donors (Lipinski definition) is 0. The molecule has 2 atom stereocenters. The molecule has 358 valence electrons. The number of carbonyl (C=O) groups is 3. The number of ether oxygens (including phenoxy) is 3. The quantitative estimate of drug-likeness (QED) is 0.0261. The number of carboxylic acids is 1. The van der Waals surface area contributed by atoms with Gasteiger partial charge in [-0.2, -0.15) is 0 Å². The molecule has 0 saturated carbocycles. The molecule has 0 saturated heterocycles. The van der Waals surface area contributed by atoms with Crippen LogP contribution in [0.1, 0.15) is 149 Å². The van der Waals surface area contributed by atoms with Gasteiger partial charge in [0.25, 0.3) is 0 Å². The molecule has 0 fully saturated rings. The molecule has 0 N–H and O–H groups in total. The maximum Gasteiger partial charge on any atom is 0.306 e. The summed E-state index contributed by atoms with van der Waals surface area (Å²) in [5.74, 6) is -1.87. The Balaban J connectivity index is 4.48. The molecule has 0 heterocycles. The normalized spacial score (nSPS) is 14.1. The predicted molar refractivity (Wildman–Crippen MR) is 267 cm³/mol. The van der Waals surface area contributed by atoms with Crippen molar-refractivity contribution >= 4 is 17.9 Å². The van der Waals surface area contributed by atoms with E-state index in [-0.39, 0.29) is 49.1 Å². The van der Waals surface area contributed by atoms with Crippen LogP contribution < -0.4 is 5.11 Å². The second-order valence-corrected chi connectivity index (χ2v) is 16.6. The molecule has 2 unspecified atom stereocenters. The number of rotatable bonds is 41. The maximum absolute atomic E-state index is 12.7. The standard InChI is InChI=1S/C56H87NO7/c1-6-8-10-12-14-16-18-20-22-24-26-28-30-32-34-36-38-40-42-44-46-54(58)63-51-52(50-62-49-48-53(56(60)61)57(3,4)5)64-55(59)47-45-43-41-39-37-35-33-31-29-27-25-23-21-19-17-15-13-11-9-7-2/h8-11,14-17,20-23,26-29,32-35,39,41,52-53H,6-7,12-13,18-19,24-25,30-31,36-38,40,42-51H2,1-5H3/b10-8+,11-9+,16-14+,17-15+,22-20+,23-21+,28-26+,29-27+,34-32+,35-33+,41-39+. The van der Waals surface area contributed by atoms with Crippen molar-refractivity contribution in [2.24, 2.45) is 0 Å². The lowest BCUT2D eigenvalue weighted by molar-refractivity contribution is -0.889. The van der Waals surface area contributed by atoms with Crippen molar-refractivity contribution in [3.8, 4) is 0 Å². The third-order valence-corrected chi connectivity index (χ3v) is 9.78. The number of quaternary nitrogens is 1. The second kappa shape index (κ2) is 45.1. The largest absolute Gasteiger partial charge is 0.544 e. The highest BCUT2D eigenvalue weighted by Crippen LogP contribution is 2.11. The Morgan fingerprint density at radius 3 is 1.25 bits per heavy atom. The minimum absolute atomic E-state index is 0.00111. The van der Waals surface area contributed by atoms with Crippen LogP contribution in [0.4, 0.5) is 0 Å². The van der Waals surface area contributed by atoms with E-state index >= 15 is 0 Å². The fourth-order valence-electron chi connectivity index (χ4n) is 6.11. The van der Waals surface area contributed by atoms with Crippen molar-refractivity contribution in [1.82, 2.24) is 0 Å². The highest BCUT2D eigenvalue weighted by molar-refractivity contribution is 5.70.